The molecule has 1 saturated heterocycles. The standard InChI is InChI=1S/C12H24N2O2.C2H6/c1-10(2)8-13-11(16)12(9-15)4-6-14(3)7-5-12;1-2/h10,15H,4-9H2,1-3H3,(H,13,16);1-2H3. The number of nitrogens with zero attached hydrogens (tertiary/aromatic N) is 1. The summed E-state index contributed by atoms with van der Waals surface area (Å²) in [7, 11) is 2.05. The van der Waals surface area contributed by atoms with Gasteiger partial charge in [0.1, 0.15) is 0 Å². The van der Waals surface area contributed by atoms with Crippen molar-refractivity contribution in [3.63, 3.8) is 0 Å². The lowest BCUT2D eigenvalue weighted by Gasteiger charge is -2.38. The van der Waals surface area contributed by atoms with Gasteiger partial charge in [0.15, 0.2) is 0 Å². The fourth-order valence-electron chi connectivity index (χ4n) is 1.99. The fourth-order valence-corrected chi connectivity index (χ4v) is 1.99. The lowest BCUT2D eigenvalue weighted by molar-refractivity contribution is -0.136. The Balaban J connectivity index is 0.00000137. The highest BCUT2D eigenvalue weighted by atomic mass is 16.3. The summed E-state index contributed by atoms with van der Waals surface area (Å²) < 4.78 is 0. The Morgan fingerprint density at radius 3 is 2.22 bits per heavy atom. The first-order valence-corrected chi connectivity index (χ1v) is 7.08. The van der Waals surface area contributed by atoms with Crippen LogP contribution < -0.4 is 5.32 Å². The predicted octanol–water partition coefficient (Wildman–Crippen LogP) is 1.49. The van der Waals surface area contributed by atoms with Crippen LogP contribution >= 0.6 is 0 Å². The smallest absolute Gasteiger partial charge is 0.228 e. The van der Waals surface area contributed by atoms with Crippen molar-refractivity contribution in [3.05, 3.63) is 0 Å². The van der Waals surface area contributed by atoms with Gasteiger partial charge in [-0.15, -0.1) is 0 Å². The number of hydrogen-bond donors (Lipinski definition) is 2. The molecular weight excluding hydrogens is 228 g/mol. The zero-order chi connectivity index (χ0) is 14.2. The first-order valence-electron chi connectivity index (χ1n) is 7.08. The number of likely N-dealkylation sites (tertiary alicyclic amines) is 1. The van der Waals surface area contributed by atoms with Crippen molar-refractivity contribution >= 4 is 5.91 Å². The minimum atomic E-state index is -0.540. The van der Waals surface area contributed by atoms with Crippen LogP contribution in [-0.4, -0.2) is 49.2 Å². The van der Waals surface area contributed by atoms with Crippen LogP contribution in [0.5, 0.6) is 0 Å². The Kier molecular flexibility index (Phi) is 8.20. The van der Waals surface area contributed by atoms with Gasteiger partial charge >= 0.3 is 0 Å². The number of carbonyl (C=O) groups is 1. The van der Waals surface area contributed by atoms with Crippen LogP contribution in [0.2, 0.25) is 0 Å². The molecule has 1 aliphatic heterocycles. The molecule has 4 heteroatoms. The van der Waals surface area contributed by atoms with Gasteiger partial charge in [-0.1, -0.05) is 27.7 Å². The molecule has 0 radical (unpaired) electrons. The van der Waals surface area contributed by atoms with Gasteiger partial charge < -0.3 is 15.3 Å². The highest BCUT2D eigenvalue weighted by molar-refractivity contribution is 5.82. The number of carbonyl (C=O) groups excluding carboxylic acids is 1. The number of amides is 1. The van der Waals surface area contributed by atoms with E-state index < -0.39 is 5.41 Å². The maximum absolute atomic E-state index is 12.1. The van der Waals surface area contributed by atoms with Gasteiger partial charge in [-0.05, 0) is 38.9 Å². The highest BCUT2D eigenvalue weighted by Gasteiger charge is 2.39. The van der Waals surface area contributed by atoms with E-state index in [4.69, 9.17) is 0 Å². The van der Waals surface area contributed by atoms with Crippen molar-refractivity contribution in [2.45, 2.75) is 40.5 Å². The van der Waals surface area contributed by atoms with Crippen LogP contribution in [0.4, 0.5) is 0 Å². The SMILES string of the molecule is CC.CC(C)CNC(=O)C1(CO)CCN(C)CC1. The molecule has 0 spiro atoms. The first kappa shape index (κ1) is 17.4. The van der Waals surface area contributed by atoms with Gasteiger partial charge in [0.05, 0.1) is 12.0 Å². The molecule has 0 aromatic carbocycles. The van der Waals surface area contributed by atoms with Crippen LogP contribution in [-0.2, 0) is 4.79 Å². The molecule has 4 nitrogen and oxygen atoms in total. The van der Waals surface area contributed by atoms with E-state index in [0.29, 0.717) is 12.5 Å². The molecule has 108 valence electrons. The van der Waals surface area contributed by atoms with E-state index in [1.807, 2.05) is 20.9 Å². The molecule has 0 aromatic rings. The normalized spacial score (nSPS) is 19.1. The molecule has 1 fully saturated rings. The summed E-state index contributed by atoms with van der Waals surface area (Å²) in [5.74, 6) is 0.475. The number of hydrogen-bond acceptors (Lipinski definition) is 3. The second-order valence-electron chi connectivity index (χ2n) is 5.35. The van der Waals surface area contributed by atoms with E-state index in [-0.39, 0.29) is 12.5 Å². The minimum Gasteiger partial charge on any atom is -0.395 e. The molecule has 1 heterocycles. The highest BCUT2D eigenvalue weighted by Crippen LogP contribution is 2.30. The van der Waals surface area contributed by atoms with Crippen LogP contribution in [0.15, 0.2) is 0 Å². The van der Waals surface area contributed by atoms with Crippen LogP contribution in [0, 0.1) is 11.3 Å². The van der Waals surface area contributed by atoms with Crippen molar-refractivity contribution < 1.29 is 9.90 Å². The van der Waals surface area contributed by atoms with Gasteiger partial charge in [-0.2, -0.15) is 0 Å². The number of nitrogens with one attached hydrogen (secondary N) is 1. The van der Waals surface area contributed by atoms with Crippen molar-refractivity contribution in [2.24, 2.45) is 11.3 Å². The summed E-state index contributed by atoms with van der Waals surface area (Å²) >= 11 is 0. The maximum atomic E-state index is 12.1. The molecule has 1 amide bonds. The van der Waals surface area contributed by atoms with Crippen LogP contribution in [0.3, 0.4) is 0 Å². The molecule has 0 aromatic heterocycles. The molecule has 0 aliphatic carbocycles. The second kappa shape index (κ2) is 8.48. The topological polar surface area (TPSA) is 52.6 Å². The Bertz CT molecular complexity index is 234. The first-order chi connectivity index (χ1) is 8.50. The van der Waals surface area contributed by atoms with E-state index in [1.165, 1.54) is 0 Å². The van der Waals surface area contributed by atoms with Crippen molar-refractivity contribution in [1.29, 1.82) is 0 Å². The molecule has 0 bridgehead atoms. The number of aliphatic hydroxyl groups excluding tert-OH is 1. The molecule has 0 atom stereocenters. The van der Waals surface area contributed by atoms with Gasteiger partial charge in [0.2, 0.25) is 5.91 Å². The zero-order valence-electron chi connectivity index (χ0n) is 12.6. The molecular formula is C14H30N2O2. The summed E-state index contributed by atoms with van der Waals surface area (Å²) in [5.41, 5.74) is -0.540. The number of piperidine rings is 1. The Morgan fingerprint density at radius 1 is 1.33 bits per heavy atom. The lowest BCUT2D eigenvalue weighted by Crippen LogP contribution is -2.50. The monoisotopic (exact) mass is 258 g/mol. The quantitative estimate of drug-likeness (QED) is 0.803. The summed E-state index contributed by atoms with van der Waals surface area (Å²) in [6.45, 7) is 10.6. The maximum Gasteiger partial charge on any atom is 0.228 e. The Morgan fingerprint density at radius 2 is 1.83 bits per heavy atom. The molecule has 2 N–H and O–H groups in total. The second-order valence-corrected chi connectivity index (χ2v) is 5.35. The van der Waals surface area contributed by atoms with Crippen molar-refractivity contribution in [1.82, 2.24) is 10.2 Å². The van der Waals surface area contributed by atoms with Crippen molar-refractivity contribution in [3.8, 4) is 0 Å². The average Bonchev–Trinajstić information content (AvgIpc) is 2.39. The third kappa shape index (κ3) is 4.94. The lowest BCUT2D eigenvalue weighted by atomic mass is 9.78. The summed E-state index contributed by atoms with van der Waals surface area (Å²) in [6, 6.07) is 0. The average molecular weight is 258 g/mol. The minimum absolute atomic E-state index is 0.0248. The number of aliphatic hydroxyl groups is 1. The van der Waals surface area contributed by atoms with E-state index in [9.17, 15) is 9.90 Å². The van der Waals surface area contributed by atoms with Gasteiger partial charge in [0, 0.05) is 6.54 Å². The fraction of sp³-hybridized carbons (Fsp3) is 0.929. The van der Waals surface area contributed by atoms with Gasteiger partial charge in [-0.25, -0.2) is 0 Å². The zero-order valence-corrected chi connectivity index (χ0v) is 12.6. The summed E-state index contributed by atoms with van der Waals surface area (Å²) in [5, 5.41) is 12.4. The van der Waals surface area contributed by atoms with E-state index in [1.54, 1.807) is 0 Å². The molecule has 0 saturated carbocycles. The number of rotatable bonds is 4. The Hall–Kier alpha value is -0.610. The molecule has 1 rings (SSSR count). The van der Waals surface area contributed by atoms with E-state index in [0.717, 1.165) is 25.9 Å². The molecule has 0 unspecified atom stereocenters. The largest absolute Gasteiger partial charge is 0.395 e. The predicted molar refractivity (Wildman–Crippen MR) is 75.4 cm³/mol. The van der Waals surface area contributed by atoms with Crippen LogP contribution in [0.1, 0.15) is 40.5 Å². The Labute approximate surface area is 112 Å². The summed E-state index contributed by atoms with van der Waals surface area (Å²) in [4.78, 5) is 14.3. The molecule has 1 aliphatic rings. The van der Waals surface area contributed by atoms with Gasteiger partial charge in [0.25, 0.3) is 0 Å². The van der Waals surface area contributed by atoms with Crippen LogP contribution in [0.25, 0.3) is 0 Å². The van der Waals surface area contributed by atoms with Gasteiger partial charge in [-0.3, -0.25) is 4.79 Å². The molecule has 18 heavy (non-hydrogen) atoms. The summed E-state index contributed by atoms with van der Waals surface area (Å²) in [6.07, 6.45) is 1.51. The third-order valence-corrected chi connectivity index (χ3v) is 3.40. The van der Waals surface area contributed by atoms with E-state index >= 15 is 0 Å². The van der Waals surface area contributed by atoms with E-state index in [2.05, 4.69) is 24.1 Å². The van der Waals surface area contributed by atoms with Crippen molar-refractivity contribution in [2.75, 3.05) is 33.3 Å². The third-order valence-electron chi connectivity index (χ3n) is 3.40.